The highest BCUT2D eigenvalue weighted by molar-refractivity contribution is 5.78. The van der Waals surface area contributed by atoms with Crippen LogP contribution in [0.15, 0.2) is 36.5 Å². The zero-order valence-corrected chi connectivity index (χ0v) is 16.1. The molecule has 1 aliphatic rings. The number of carbonyl (C=O) groups excluding carboxylic acids is 1. The van der Waals surface area contributed by atoms with Crippen molar-refractivity contribution >= 4 is 5.91 Å². The normalized spacial score (nSPS) is 15.6. The van der Waals surface area contributed by atoms with Gasteiger partial charge in [0, 0.05) is 31.5 Å². The summed E-state index contributed by atoms with van der Waals surface area (Å²) in [4.78, 5) is 23.5. The molecule has 1 aromatic carbocycles. The maximum Gasteiger partial charge on any atom is 0.234 e. The molecule has 27 heavy (non-hydrogen) atoms. The van der Waals surface area contributed by atoms with Crippen LogP contribution in [0, 0.1) is 6.92 Å². The third-order valence-corrected chi connectivity index (χ3v) is 4.93. The van der Waals surface area contributed by atoms with E-state index in [0.29, 0.717) is 25.6 Å². The first-order chi connectivity index (χ1) is 13.1. The summed E-state index contributed by atoms with van der Waals surface area (Å²) in [5.74, 6) is 1.40. The number of amides is 1. The molecule has 0 spiro atoms. The molecule has 2 aromatic rings. The van der Waals surface area contributed by atoms with E-state index < -0.39 is 0 Å². The molecule has 1 fully saturated rings. The average molecular weight is 368 g/mol. The Labute approximate surface area is 161 Å². The zero-order valence-electron chi connectivity index (χ0n) is 16.1. The number of carbonyl (C=O) groups is 1. The van der Waals surface area contributed by atoms with Gasteiger partial charge in [-0.2, -0.15) is 0 Å². The highest BCUT2D eigenvalue weighted by Crippen LogP contribution is 2.25. The molecule has 0 saturated carbocycles. The highest BCUT2D eigenvalue weighted by atomic mass is 16.5. The number of benzene rings is 1. The molecule has 0 atom stereocenters. The summed E-state index contributed by atoms with van der Waals surface area (Å²) in [6.45, 7) is 5.37. The van der Waals surface area contributed by atoms with E-state index in [2.05, 4.69) is 26.3 Å². The molecule has 144 valence electrons. The quantitative estimate of drug-likeness (QED) is 0.813. The van der Waals surface area contributed by atoms with Crippen molar-refractivity contribution in [3.05, 3.63) is 59.2 Å². The number of piperidine rings is 1. The molecule has 2 heterocycles. The molecule has 0 unspecified atom stereocenters. The molecule has 1 N–H and O–H groups in total. The van der Waals surface area contributed by atoms with Crippen LogP contribution in [-0.2, 0) is 22.7 Å². The van der Waals surface area contributed by atoms with E-state index in [1.54, 1.807) is 7.11 Å². The smallest absolute Gasteiger partial charge is 0.234 e. The maximum atomic E-state index is 12.3. The number of hydrogen-bond acceptors (Lipinski definition) is 5. The molecule has 1 amide bonds. The van der Waals surface area contributed by atoms with Gasteiger partial charge in [-0.15, -0.1) is 0 Å². The summed E-state index contributed by atoms with van der Waals surface area (Å²) in [7, 11) is 1.68. The van der Waals surface area contributed by atoms with E-state index in [4.69, 9.17) is 4.74 Å². The summed E-state index contributed by atoms with van der Waals surface area (Å²) in [5, 5.41) is 3.02. The van der Waals surface area contributed by atoms with Crippen molar-refractivity contribution in [2.75, 3.05) is 26.7 Å². The van der Waals surface area contributed by atoms with Gasteiger partial charge in [0.1, 0.15) is 5.82 Å². The molecular weight excluding hydrogens is 340 g/mol. The maximum absolute atomic E-state index is 12.3. The number of nitrogens with one attached hydrogen (secondary N) is 1. The van der Waals surface area contributed by atoms with Crippen molar-refractivity contribution in [3.8, 4) is 0 Å². The molecule has 6 heteroatoms. The van der Waals surface area contributed by atoms with Gasteiger partial charge >= 0.3 is 0 Å². The van der Waals surface area contributed by atoms with Crippen molar-refractivity contribution in [2.24, 2.45) is 0 Å². The predicted octanol–water partition coefficient (Wildman–Crippen LogP) is 2.43. The van der Waals surface area contributed by atoms with E-state index in [0.717, 1.165) is 48.6 Å². The minimum Gasteiger partial charge on any atom is -0.380 e. The zero-order chi connectivity index (χ0) is 19.1. The highest BCUT2D eigenvalue weighted by Gasteiger charge is 2.23. The summed E-state index contributed by atoms with van der Waals surface area (Å²) < 4.78 is 5.15. The van der Waals surface area contributed by atoms with E-state index in [1.807, 2.05) is 37.4 Å². The van der Waals surface area contributed by atoms with Crippen LogP contribution >= 0.6 is 0 Å². The largest absolute Gasteiger partial charge is 0.380 e. The summed E-state index contributed by atoms with van der Waals surface area (Å²) in [6.07, 6.45) is 3.82. The molecular formula is C21H28N4O2. The Bertz CT molecular complexity index is 757. The van der Waals surface area contributed by atoms with Gasteiger partial charge in [0.2, 0.25) is 5.91 Å². The van der Waals surface area contributed by atoms with Crippen LogP contribution in [0.5, 0.6) is 0 Å². The fourth-order valence-electron chi connectivity index (χ4n) is 3.47. The predicted molar refractivity (Wildman–Crippen MR) is 104 cm³/mol. The van der Waals surface area contributed by atoms with Crippen LogP contribution in [0.25, 0.3) is 0 Å². The van der Waals surface area contributed by atoms with Crippen LogP contribution in [0.4, 0.5) is 0 Å². The second-order valence-corrected chi connectivity index (χ2v) is 7.14. The minimum atomic E-state index is 0.0670. The molecule has 0 aliphatic carbocycles. The van der Waals surface area contributed by atoms with E-state index in [9.17, 15) is 4.79 Å². The molecule has 1 aromatic heterocycles. The number of methoxy groups -OCH3 is 1. The van der Waals surface area contributed by atoms with Crippen LogP contribution in [-0.4, -0.2) is 47.5 Å². The lowest BCUT2D eigenvalue weighted by Crippen LogP contribution is -2.41. The summed E-state index contributed by atoms with van der Waals surface area (Å²) in [5.41, 5.74) is 3.22. The van der Waals surface area contributed by atoms with Gasteiger partial charge in [0.25, 0.3) is 0 Å². The van der Waals surface area contributed by atoms with Gasteiger partial charge in [-0.1, -0.05) is 24.3 Å². The Balaban J connectivity index is 1.42. The number of ether oxygens (including phenoxy) is 1. The first kappa shape index (κ1) is 19.5. The fourth-order valence-corrected chi connectivity index (χ4v) is 3.47. The molecule has 3 rings (SSSR count). The van der Waals surface area contributed by atoms with Crippen molar-refractivity contribution in [1.29, 1.82) is 0 Å². The van der Waals surface area contributed by atoms with Gasteiger partial charge in [0.15, 0.2) is 0 Å². The van der Waals surface area contributed by atoms with Crippen LogP contribution in [0.2, 0.25) is 0 Å². The van der Waals surface area contributed by atoms with E-state index in [-0.39, 0.29) is 5.91 Å². The van der Waals surface area contributed by atoms with Crippen molar-refractivity contribution in [2.45, 2.75) is 38.8 Å². The lowest BCUT2D eigenvalue weighted by Gasteiger charge is -2.30. The van der Waals surface area contributed by atoms with Crippen LogP contribution in [0.1, 0.15) is 41.4 Å². The van der Waals surface area contributed by atoms with Gasteiger partial charge in [-0.3, -0.25) is 9.69 Å². The van der Waals surface area contributed by atoms with Crippen molar-refractivity contribution in [1.82, 2.24) is 20.2 Å². The molecule has 0 radical (unpaired) electrons. The Morgan fingerprint density at radius 2 is 2.04 bits per heavy atom. The number of rotatable bonds is 7. The van der Waals surface area contributed by atoms with Gasteiger partial charge in [-0.25, -0.2) is 9.97 Å². The van der Waals surface area contributed by atoms with Crippen LogP contribution in [0.3, 0.4) is 0 Å². The third kappa shape index (κ3) is 5.84. The Morgan fingerprint density at radius 3 is 2.78 bits per heavy atom. The topological polar surface area (TPSA) is 67.3 Å². The summed E-state index contributed by atoms with van der Waals surface area (Å²) >= 11 is 0. The number of nitrogens with zero attached hydrogens (tertiary/aromatic N) is 3. The van der Waals surface area contributed by atoms with Crippen molar-refractivity contribution < 1.29 is 9.53 Å². The fraction of sp³-hybridized carbons (Fsp3) is 0.476. The summed E-state index contributed by atoms with van der Waals surface area (Å²) in [6, 6.07) is 10.0. The third-order valence-electron chi connectivity index (χ3n) is 4.93. The number of aryl methyl sites for hydroxylation is 1. The van der Waals surface area contributed by atoms with Gasteiger partial charge < -0.3 is 10.1 Å². The van der Waals surface area contributed by atoms with Crippen molar-refractivity contribution in [3.63, 3.8) is 0 Å². The molecule has 6 nitrogen and oxygen atoms in total. The number of likely N-dealkylation sites (tertiary alicyclic amines) is 1. The second-order valence-electron chi connectivity index (χ2n) is 7.14. The SMILES string of the molecule is COCc1cccc(CNC(=O)CN2CCC(c3nccc(C)n3)CC2)c1. The Kier molecular flexibility index (Phi) is 6.90. The average Bonchev–Trinajstić information content (AvgIpc) is 2.68. The van der Waals surface area contributed by atoms with E-state index in [1.165, 1.54) is 0 Å². The standard InChI is InChI=1S/C21H28N4O2/c1-16-6-9-22-21(24-16)19-7-10-25(11-8-19)14-20(26)23-13-17-4-3-5-18(12-17)15-27-2/h3-6,9,12,19H,7-8,10-11,13-15H2,1-2H3,(H,23,26). The lowest BCUT2D eigenvalue weighted by atomic mass is 9.96. The number of aromatic nitrogens is 2. The molecule has 0 bridgehead atoms. The Hall–Kier alpha value is -2.31. The molecule has 1 saturated heterocycles. The first-order valence-electron chi connectivity index (χ1n) is 9.49. The first-order valence-corrected chi connectivity index (χ1v) is 9.49. The van der Waals surface area contributed by atoms with Crippen LogP contribution < -0.4 is 5.32 Å². The Morgan fingerprint density at radius 1 is 1.26 bits per heavy atom. The second kappa shape index (κ2) is 9.58. The van der Waals surface area contributed by atoms with Gasteiger partial charge in [0.05, 0.1) is 13.2 Å². The molecule has 1 aliphatic heterocycles. The monoisotopic (exact) mass is 368 g/mol. The number of hydrogen-bond donors (Lipinski definition) is 1. The van der Waals surface area contributed by atoms with E-state index >= 15 is 0 Å². The van der Waals surface area contributed by atoms with Gasteiger partial charge in [-0.05, 0) is 50.0 Å². The minimum absolute atomic E-state index is 0.0670. The lowest BCUT2D eigenvalue weighted by molar-refractivity contribution is -0.122.